The summed E-state index contributed by atoms with van der Waals surface area (Å²) in [6.07, 6.45) is -3.68. The summed E-state index contributed by atoms with van der Waals surface area (Å²) in [5.74, 6) is -0.549. The van der Waals surface area contributed by atoms with Crippen LogP contribution in [0.1, 0.15) is 22.4 Å². The Balaban J connectivity index is 1.88. The molecular formula is C17H13ClF3N3O2. The van der Waals surface area contributed by atoms with E-state index in [0.717, 1.165) is 23.1 Å². The van der Waals surface area contributed by atoms with Crippen LogP contribution in [-0.2, 0) is 19.3 Å². The minimum absolute atomic E-state index is 0.0883. The third-order valence-electron chi connectivity index (χ3n) is 3.28. The van der Waals surface area contributed by atoms with Crippen LogP contribution in [0.5, 0.6) is 5.75 Å². The molecule has 0 unspecified atom stereocenters. The molecular weight excluding hydrogens is 371 g/mol. The van der Waals surface area contributed by atoms with Gasteiger partial charge in [0, 0.05) is 10.6 Å². The summed E-state index contributed by atoms with van der Waals surface area (Å²) in [7, 11) is 0. The van der Waals surface area contributed by atoms with Gasteiger partial charge < -0.3 is 9.84 Å². The van der Waals surface area contributed by atoms with E-state index >= 15 is 0 Å². The molecule has 0 aliphatic heterocycles. The quantitative estimate of drug-likeness (QED) is 0.718. The molecule has 26 heavy (non-hydrogen) atoms. The number of alkyl halides is 3. The predicted molar refractivity (Wildman–Crippen MR) is 88.1 cm³/mol. The monoisotopic (exact) mass is 387 g/mol. The van der Waals surface area contributed by atoms with Crippen molar-refractivity contribution in [1.82, 2.24) is 14.8 Å². The number of aromatic nitrogens is 3. The van der Waals surface area contributed by atoms with E-state index in [2.05, 4.69) is 10.1 Å². The summed E-state index contributed by atoms with van der Waals surface area (Å²) < 4.78 is 76.5. The Hall–Kier alpha value is -2.58. The number of ether oxygens (including phenoxy) is 1. The summed E-state index contributed by atoms with van der Waals surface area (Å²) >= 11 is 5.84. The number of halogens is 4. The molecule has 3 rings (SSSR count). The van der Waals surface area contributed by atoms with Crippen LogP contribution in [0.3, 0.4) is 0 Å². The van der Waals surface area contributed by atoms with Crippen LogP contribution in [-0.4, -0.2) is 19.9 Å². The minimum Gasteiger partial charge on any atom is -0.489 e. The van der Waals surface area contributed by atoms with Crippen molar-refractivity contribution in [3.8, 4) is 11.4 Å². The molecule has 9 heteroatoms. The zero-order valence-corrected chi connectivity index (χ0v) is 13.6. The maximum atomic E-state index is 13.3. The number of nitrogens with zero attached hydrogens (tertiary/aromatic N) is 3. The lowest BCUT2D eigenvalue weighted by atomic mass is 10.1. The molecule has 1 aromatic heterocycles. The number of hydrogen-bond acceptors (Lipinski definition) is 4. The largest absolute Gasteiger partial charge is 0.489 e. The second-order valence-corrected chi connectivity index (χ2v) is 5.39. The third kappa shape index (κ3) is 3.97. The van der Waals surface area contributed by atoms with Gasteiger partial charge in [0.2, 0.25) is 0 Å². The molecule has 5 nitrogen and oxygen atoms in total. The molecule has 1 heterocycles. The maximum absolute atomic E-state index is 13.3. The first-order chi connectivity index (χ1) is 13.8. The first kappa shape index (κ1) is 13.6. The van der Waals surface area contributed by atoms with Gasteiger partial charge in [-0.1, -0.05) is 17.7 Å². The highest BCUT2D eigenvalue weighted by Gasteiger charge is 2.34. The standard InChI is InChI=1S/C17H13ClF3N3O2/c18-15-3-1-2-14(17(19,20)21)13(15)9-26-12-6-4-11(5-7-12)24-10-22-16(8-25)23-24/h1-7,10,25H,8-9H2/i8D2,9D2. The van der Waals surface area contributed by atoms with E-state index in [0.29, 0.717) is 11.8 Å². The highest BCUT2D eigenvalue weighted by Crippen LogP contribution is 2.35. The van der Waals surface area contributed by atoms with Crippen LogP contribution in [0, 0.1) is 0 Å². The van der Waals surface area contributed by atoms with E-state index in [9.17, 15) is 18.3 Å². The second-order valence-electron chi connectivity index (χ2n) is 4.98. The van der Waals surface area contributed by atoms with E-state index in [-0.39, 0.29) is 5.75 Å². The van der Waals surface area contributed by atoms with Gasteiger partial charge in [0.05, 0.1) is 16.7 Å². The zero-order chi connectivity index (χ0) is 22.3. The smallest absolute Gasteiger partial charge is 0.416 e. The van der Waals surface area contributed by atoms with Crippen molar-refractivity contribution < 1.29 is 28.5 Å². The van der Waals surface area contributed by atoms with Crippen molar-refractivity contribution in [2.75, 3.05) is 0 Å². The topological polar surface area (TPSA) is 60.2 Å². The highest BCUT2D eigenvalue weighted by atomic mass is 35.5. The van der Waals surface area contributed by atoms with Gasteiger partial charge in [-0.05, 0) is 36.4 Å². The van der Waals surface area contributed by atoms with Crippen molar-refractivity contribution in [1.29, 1.82) is 0 Å². The third-order valence-corrected chi connectivity index (χ3v) is 3.60. The fourth-order valence-electron chi connectivity index (χ4n) is 2.08. The van der Waals surface area contributed by atoms with Gasteiger partial charge in [-0.15, -0.1) is 5.10 Å². The van der Waals surface area contributed by atoms with Crippen molar-refractivity contribution in [2.24, 2.45) is 0 Å². The van der Waals surface area contributed by atoms with Gasteiger partial charge in [0.15, 0.2) is 5.82 Å². The number of rotatable bonds is 5. The Morgan fingerprint density at radius 2 is 1.92 bits per heavy atom. The van der Waals surface area contributed by atoms with Gasteiger partial charge in [-0.3, -0.25) is 0 Å². The Morgan fingerprint density at radius 1 is 1.19 bits per heavy atom. The van der Waals surface area contributed by atoms with Crippen LogP contribution in [0.25, 0.3) is 5.69 Å². The molecule has 0 saturated carbocycles. The molecule has 0 spiro atoms. The van der Waals surface area contributed by atoms with Gasteiger partial charge in [-0.2, -0.15) is 13.2 Å². The second kappa shape index (κ2) is 7.35. The van der Waals surface area contributed by atoms with Crippen molar-refractivity contribution in [3.05, 3.63) is 70.8 Å². The fourth-order valence-corrected chi connectivity index (χ4v) is 2.29. The Kier molecular flexibility index (Phi) is 3.84. The normalized spacial score (nSPS) is 15.0. The Morgan fingerprint density at radius 3 is 2.54 bits per heavy atom. The average Bonchev–Trinajstić information content (AvgIpc) is 3.11. The molecule has 0 fully saturated rings. The zero-order valence-electron chi connectivity index (χ0n) is 16.8. The lowest BCUT2D eigenvalue weighted by Crippen LogP contribution is -2.11. The van der Waals surface area contributed by atoms with Crippen molar-refractivity contribution >= 4 is 11.6 Å². The van der Waals surface area contributed by atoms with Gasteiger partial charge in [0.1, 0.15) is 25.2 Å². The molecule has 0 amide bonds. The Bertz CT molecular complexity index is 1050. The van der Waals surface area contributed by atoms with E-state index in [1.165, 1.54) is 24.3 Å². The summed E-state index contributed by atoms with van der Waals surface area (Å²) in [4.78, 5) is 3.64. The van der Waals surface area contributed by atoms with Crippen LogP contribution < -0.4 is 4.74 Å². The number of aliphatic hydroxyl groups is 1. The first-order valence-electron chi connectivity index (χ1n) is 9.09. The lowest BCUT2D eigenvalue weighted by Gasteiger charge is -2.15. The van der Waals surface area contributed by atoms with Crippen LogP contribution in [0.4, 0.5) is 13.2 Å². The van der Waals surface area contributed by atoms with E-state index in [1.54, 1.807) is 0 Å². The van der Waals surface area contributed by atoms with Crippen LogP contribution in [0.2, 0.25) is 5.02 Å². The van der Waals surface area contributed by atoms with E-state index < -0.39 is 41.3 Å². The van der Waals surface area contributed by atoms with Crippen LogP contribution >= 0.6 is 11.6 Å². The molecule has 0 aliphatic rings. The van der Waals surface area contributed by atoms with Crippen molar-refractivity contribution in [2.45, 2.75) is 19.3 Å². The van der Waals surface area contributed by atoms with Crippen LogP contribution in [0.15, 0.2) is 48.8 Å². The fraction of sp³-hybridized carbons (Fsp3) is 0.176. The average molecular weight is 388 g/mol. The summed E-state index contributed by atoms with van der Waals surface area (Å²) in [6.45, 7) is -5.62. The number of hydrogen-bond donors (Lipinski definition) is 1. The maximum Gasteiger partial charge on any atom is 0.416 e. The van der Waals surface area contributed by atoms with E-state index in [4.69, 9.17) is 21.8 Å². The molecule has 0 aliphatic carbocycles. The summed E-state index contributed by atoms with van der Waals surface area (Å²) in [6, 6.07) is 8.29. The SMILES string of the molecule is [2H]C([2H])(O)c1ncn(-c2ccc(OC([2H])([2H])c3c(Cl)cccc3C(F)(F)F)cc2)n1. The highest BCUT2D eigenvalue weighted by molar-refractivity contribution is 6.31. The molecule has 0 bridgehead atoms. The molecule has 0 saturated heterocycles. The predicted octanol–water partition coefficient (Wildman–Crippen LogP) is 4.01. The van der Waals surface area contributed by atoms with Gasteiger partial charge >= 0.3 is 6.18 Å². The number of benzene rings is 2. The van der Waals surface area contributed by atoms with Crippen molar-refractivity contribution in [3.63, 3.8) is 0 Å². The molecule has 0 atom stereocenters. The molecule has 2 aromatic carbocycles. The lowest BCUT2D eigenvalue weighted by molar-refractivity contribution is -0.138. The summed E-state index contributed by atoms with van der Waals surface area (Å²) in [5, 5.41) is 12.6. The molecule has 0 radical (unpaired) electrons. The molecule has 1 N–H and O–H groups in total. The van der Waals surface area contributed by atoms with Gasteiger partial charge in [0.25, 0.3) is 0 Å². The Labute approximate surface area is 157 Å². The molecule has 3 aromatic rings. The summed E-state index contributed by atoms with van der Waals surface area (Å²) in [5.41, 5.74) is -1.72. The first-order valence-corrected chi connectivity index (χ1v) is 7.47. The molecule has 136 valence electrons. The van der Waals surface area contributed by atoms with E-state index in [1.807, 2.05) is 0 Å². The minimum atomic E-state index is -4.83. The van der Waals surface area contributed by atoms with Gasteiger partial charge in [-0.25, -0.2) is 9.67 Å².